The van der Waals surface area contributed by atoms with E-state index in [1.807, 2.05) is 4.90 Å². The molecule has 2 amide bonds. The number of hydrogen-bond donors (Lipinski definition) is 1. The van der Waals surface area contributed by atoms with Gasteiger partial charge in [-0.05, 0) is 19.1 Å². The molecule has 1 fully saturated rings. The number of hydrogen-bond acceptors (Lipinski definition) is 7. The lowest BCUT2D eigenvalue weighted by Gasteiger charge is -2.35. The van der Waals surface area contributed by atoms with Gasteiger partial charge >= 0.3 is 6.03 Å². The van der Waals surface area contributed by atoms with E-state index >= 15 is 0 Å². The summed E-state index contributed by atoms with van der Waals surface area (Å²) in [4.78, 5) is 24.2. The van der Waals surface area contributed by atoms with E-state index in [0.717, 1.165) is 0 Å². The molecule has 9 heteroatoms. The number of nitrogens with one attached hydrogen (secondary N) is 1. The lowest BCUT2D eigenvalue weighted by molar-refractivity contribution is 0.192. The van der Waals surface area contributed by atoms with Gasteiger partial charge in [0.2, 0.25) is 5.89 Å². The summed E-state index contributed by atoms with van der Waals surface area (Å²) in [6.07, 6.45) is 1.67. The molecule has 1 saturated heterocycles. The van der Waals surface area contributed by atoms with E-state index in [0.29, 0.717) is 49.3 Å². The highest BCUT2D eigenvalue weighted by Gasteiger charge is 2.23. The Hall–Kier alpha value is -3.15. The first-order valence-electron chi connectivity index (χ1n) is 7.59. The van der Waals surface area contributed by atoms with Gasteiger partial charge in [0, 0.05) is 32.4 Å². The first-order valence-corrected chi connectivity index (χ1v) is 7.59. The van der Waals surface area contributed by atoms with Gasteiger partial charge < -0.3 is 19.6 Å². The van der Waals surface area contributed by atoms with Gasteiger partial charge in [0.15, 0.2) is 5.82 Å². The molecule has 0 spiro atoms. The highest BCUT2D eigenvalue weighted by atomic mass is 16.5. The molecule has 1 aliphatic heterocycles. The fourth-order valence-electron chi connectivity index (χ4n) is 2.53. The van der Waals surface area contributed by atoms with Gasteiger partial charge in [-0.3, -0.25) is 0 Å². The second-order valence-corrected chi connectivity index (χ2v) is 5.35. The number of nitriles is 1. The Bertz CT molecular complexity index is 759. The highest BCUT2D eigenvalue weighted by Crippen LogP contribution is 2.18. The molecule has 0 radical (unpaired) electrons. The van der Waals surface area contributed by atoms with Gasteiger partial charge in [0.1, 0.15) is 11.9 Å². The van der Waals surface area contributed by atoms with Gasteiger partial charge in [0.05, 0.1) is 12.1 Å². The van der Waals surface area contributed by atoms with Gasteiger partial charge in [-0.1, -0.05) is 5.16 Å². The van der Waals surface area contributed by atoms with Crippen LogP contribution in [0.25, 0.3) is 0 Å². The van der Waals surface area contributed by atoms with Crippen molar-refractivity contribution in [1.82, 2.24) is 25.3 Å². The molecule has 1 aliphatic rings. The monoisotopic (exact) mass is 327 g/mol. The Balaban J connectivity index is 1.53. The lowest BCUT2D eigenvalue weighted by atomic mass is 10.2. The van der Waals surface area contributed by atoms with E-state index in [1.165, 1.54) is 0 Å². The summed E-state index contributed by atoms with van der Waals surface area (Å²) in [6, 6.07) is 5.46. The highest BCUT2D eigenvalue weighted by molar-refractivity contribution is 5.74. The van der Waals surface area contributed by atoms with E-state index < -0.39 is 0 Å². The summed E-state index contributed by atoms with van der Waals surface area (Å²) in [6.45, 7) is 4.28. The fraction of sp³-hybridized carbons (Fsp3) is 0.400. The van der Waals surface area contributed by atoms with E-state index in [-0.39, 0.29) is 12.6 Å². The SMILES string of the molecule is Cc1noc(CNC(=O)N2CCN(c3ncccc3C#N)CC2)n1. The number of carbonyl (C=O) groups is 1. The minimum atomic E-state index is -0.174. The molecule has 0 bridgehead atoms. The normalized spacial score (nSPS) is 14.3. The number of aryl methyl sites for hydroxylation is 1. The van der Waals surface area contributed by atoms with Crippen LogP contribution >= 0.6 is 0 Å². The number of anilines is 1. The number of nitrogens with zero attached hydrogens (tertiary/aromatic N) is 6. The Morgan fingerprint density at radius 2 is 2.21 bits per heavy atom. The quantitative estimate of drug-likeness (QED) is 0.882. The first-order chi connectivity index (χ1) is 11.7. The zero-order chi connectivity index (χ0) is 16.9. The summed E-state index contributed by atoms with van der Waals surface area (Å²) in [5.74, 6) is 1.59. The van der Waals surface area contributed by atoms with Crippen LogP contribution < -0.4 is 10.2 Å². The largest absolute Gasteiger partial charge is 0.352 e. The third kappa shape index (κ3) is 3.43. The maximum Gasteiger partial charge on any atom is 0.317 e. The molecule has 0 saturated carbocycles. The topological polar surface area (TPSA) is 111 Å². The van der Waals surface area contributed by atoms with E-state index in [1.54, 1.807) is 30.2 Å². The minimum Gasteiger partial charge on any atom is -0.352 e. The Morgan fingerprint density at radius 3 is 2.88 bits per heavy atom. The third-order valence-electron chi connectivity index (χ3n) is 3.73. The fourth-order valence-corrected chi connectivity index (χ4v) is 2.53. The van der Waals surface area contributed by atoms with Crippen LogP contribution in [-0.4, -0.2) is 52.2 Å². The molecule has 2 aromatic rings. The second kappa shape index (κ2) is 6.95. The van der Waals surface area contributed by atoms with E-state index in [9.17, 15) is 4.79 Å². The van der Waals surface area contributed by atoms with Crippen molar-refractivity contribution in [2.24, 2.45) is 0 Å². The van der Waals surface area contributed by atoms with Crippen molar-refractivity contribution in [3.63, 3.8) is 0 Å². The number of carbonyl (C=O) groups excluding carboxylic acids is 1. The van der Waals surface area contributed by atoms with Crippen molar-refractivity contribution in [3.05, 3.63) is 35.6 Å². The summed E-state index contributed by atoms with van der Waals surface area (Å²) in [5, 5.41) is 15.6. The van der Waals surface area contributed by atoms with Crippen molar-refractivity contribution in [2.75, 3.05) is 31.1 Å². The minimum absolute atomic E-state index is 0.174. The summed E-state index contributed by atoms with van der Waals surface area (Å²) < 4.78 is 4.96. The average molecular weight is 327 g/mol. The standard InChI is InChI=1S/C15H17N7O2/c1-11-19-13(24-20-11)10-18-15(23)22-7-5-21(6-8-22)14-12(9-16)3-2-4-17-14/h2-4H,5-8,10H2,1H3,(H,18,23). The number of piperazine rings is 1. The Kier molecular flexibility index (Phi) is 4.56. The van der Waals surface area contributed by atoms with Crippen LogP contribution in [0.1, 0.15) is 17.3 Å². The zero-order valence-electron chi connectivity index (χ0n) is 13.3. The number of amides is 2. The molecule has 0 unspecified atom stereocenters. The van der Waals surface area contributed by atoms with Crippen LogP contribution in [0, 0.1) is 18.3 Å². The predicted molar refractivity (Wildman–Crippen MR) is 84.0 cm³/mol. The van der Waals surface area contributed by atoms with Crippen LogP contribution in [0.2, 0.25) is 0 Å². The van der Waals surface area contributed by atoms with Crippen molar-refractivity contribution in [1.29, 1.82) is 5.26 Å². The van der Waals surface area contributed by atoms with Gasteiger partial charge in [-0.25, -0.2) is 9.78 Å². The number of pyridine rings is 1. The molecule has 3 heterocycles. The Morgan fingerprint density at radius 1 is 1.42 bits per heavy atom. The average Bonchev–Trinajstić information content (AvgIpc) is 3.05. The number of rotatable bonds is 3. The summed E-state index contributed by atoms with van der Waals surface area (Å²) in [7, 11) is 0. The van der Waals surface area contributed by atoms with Crippen LogP contribution in [0.15, 0.2) is 22.9 Å². The smallest absolute Gasteiger partial charge is 0.317 e. The molecule has 0 aromatic carbocycles. The maximum absolute atomic E-state index is 12.2. The van der Waals surface area contributed by atoms with Gasteiger partial charge in [-0.2, -0.15) is 10.2 Å². The number of urea groups is 1. The molecule has 24 heavy (non-hydrogen) atoms. The molecule has 0 aliphatic carbocycles. The molecule has 124 valence electrons. The van der Waals surface area contributed by atoms with Crippen LogP contribution in [0.4, 0.5) is 10.6 Å². The molecule has 1 N–H and O–H groups in total. The second-order valence-electron chi connectivity index (χ2n) is 5.35. The predicted octanol–water partition coefficient (Wildman–Crippen LogP) is 0.676. The Labute approximate surface area is 138 Å². The van der Waals surface area contributed by atoms with Crippen molar-refractivity contribution >= 4 is 11.8 Å². The van der Waals surface area contributed by atoms with E-state index in [2.05, 4.69) is 26.5 Å². The van der Waals surface area contributed by atoms with Crippen molar-refractivity contribution in [3.8, 4) is 6.07 Å². The first kappa shape index (κ1) is 15.7. The van der Waals surface area contributed by atoms with Crippen LogP contribution in [0.3, 0.4) is 0 Å². The third-order valence-corrected chi connectivity index (χ3v) is 3.73. The molecule has 3 rings (SSSR count). The number of aromatic nitrogens is 3. The molecular weight excluding hydrogens is 310 g/mol. The molecule has 9 nitrogen and oxygen atoms in total. The van der Waals surface area contributed by atoms with Crippen molar-refractivity contribution < 1.29 is 9.32 Å². The van der Waals surface area contributed by atoms with Gasteiger partial charge in [-0.15, -0.1) is 0 Å². The lowest BCUT2D eigenvalue weighted by Crippen LogP contribution is -2.52. The maximum atomic E-state index is 12.2. The van der Waals surface area contributed by atoms with Crippen molar-refractivity contribution in [2.45, 2.75) is 13.5 Å². The van der Waals surface area contributed by atoms with Gasteiger partial charge in [0.25, 0.3) is 0 Å². The summed E-state index contributed by atoms with van der Waals surface area (Å²) >= 11 is 0. The summed E-state index contributed by atoms with van der Waals surface area (Å²) in [5.41, 5.74) is 0.544. The molecule has 0 atom stereocenters. The van der Waals surface area contributed by atoms with Crippen LogP contribution in [-0.2, 0) is 6.54 Å². The van der Waals surface area contributed by atoms with E-state index in [4.69, 9.17) is 9.78 Å². The van der Waals surface area contributed by atoms with Crippen LogP contribution in [0.5, 0.6) is 0 Å². The molecular formula is C15H17N7O2. The zero-order valence-corrected chi connectivity index (χ0v) is 13.3. The molecule has 2 aromatic heterocycles.